The minimum absolute atomic E-state index is 0.155. The van der Waals surface area contributed by atoms with Gasteiger partial charge in [-0.15, -0.1) is 0 Å². The van der Waals surface area contributed by atoms with E-state index in [1.807, 2.05) is 17.5 Å². The van der Waals surface area contributed by atoms with Gasteiger partial charge in [0.25, 0.3) is 0 Å². The molecule has 22 heavy (non-hydrogen) atoms. The fourth-order valence-corrected chi connectivity index (χ4v) is 4.21. The molecule has 2 aromatic heterocycles. The standard InChI is InChI=1S/C15H19BrN4O2/c1-14(4-5-15(2,8-14)13(21)22-3)12-19-10(16)9-11(17)18-6-7-20(9)12/h6-7H,4-5,8H2,1-3H3,(H2,17,18)/t14-,15-/m1/s1. The highest BCUT2D eigenvalue weighted by molar-refractivity contribution is 9.10. The van der Waals surface area contributed by atoms with Gasteiger partial charge in [0.15, 0.2) is 5.82 Å². The van der Waals surface area contributed by atoms with Crippen LogP contribution >= 0.6 is 15.9 Å². The maximum absolute atomic E-state index is 12.1. The molecule has 2 heterocycles. The second-order valence-electron chi connectivity index (χ2n) is 6.55. The molecule has 0 aliphatic heterocycles. The molecule has 1 aliphatic carbocycles. The molecule has 0 amide bonds. The summed E-state index contributed by atoms with van der Waals surface area (Å²) in [4.78, 5) is 20.9. The fourth-order valence-electron chi connectivity index (χ4n) is 3.65. The van der Waals surface area contributed by atoms with E-state index >= 15 is 0 Å². The summed E-state index contributed by atoms with van der Waals surface area (Å²) >= 11 is 3.47. The lowest BCUT2D eigenvalue weighted by atomic mass is 9.81. The van der Waals surface area contributed by atoms with Gasteiger partial charge in [0.05, 0.1) is 12.5 Å². The lowest BCUT2D eigenvalue weighted by Gasteiger charge is -2.26. The first-order chi connectivity index (χ1) is 10.3. The van der Waals surface area contributed by atoms with Crippen LogP contribution in [0.5, 0.6) is 0 Å². The Labute approximate surface area is 137 Å². The number of rotatable bonds is 2. The molecular formula is C15H19BrN4O2. The first-order valence-corrected chi connectivity index (χ1v) is 7.97. The number of carbonyl (C=O) groups excluding carboxylic acids is 1. The molecule has 0 aromatic carbocycles. The van der Waals surface area contributed by atoms with Crippen molar-refractivity contribution >= 4 is 33.2 Å². The van der Waals surface area contributed by atoms with Crippen LogP contribution in [-0.2, 0) is 14.9 Å². The third kappa shape index (κ3) is 2.10. The van der Waals surface area contributed by atoms with Gasteiger partial charge in [0.1, 0.15) is 15.9 Å². The predicted molar refractivity (Wildman–Crippen MR) is 86.4 cm³/mol. The van der Waals surface area contributed by atoms with Crippen LogP contribution in [0.3, 0.4) is 0 Å². The normalized spacial score (nSPS) is 28.2. The molecule has 7 heteroatoms. The van der Waals surface area contributed by atoms with Crippen molar-refractivity contribution in [3.8, 4) is 0 Å². The zero-order chi connectivity index (χ0) is 16.1. The Morgan fingerprint density at radius 3 is 2.86 bits per heavy atom. The summed E-state index contributed by atoms with van der Waals surface area (Å²) in [5.74, 6) is 1.18. The number of carbonyl (C=O) groups is 1. The highest BCUT2D eigenvalue weighted by atomic mass is 79.9. The molecule has 3 rings (SSSR count). The van der Waals surface area contributed by atoms with Crippen LogP contribution in [0.4, 0.5) is 5.82 Å². The number of nitrogens with zero attached hydrogens (tertiary/aromatic N) is 3. The highest BCUT2D eigenvalue weighted by Gasteiger charge is 2.50. The van der Waals surface area contributed by atoms with Gasteiger partial charge >= 0.3 is 5.97 Å². The van der Waals surface area contributed by atoms with E-state index in [1.54, 1.807) is 6.20 Å². The number of nitrogens with two attached hydrogens (primary N) is 1. The second-order valence-corrected chi connectivity index (χ2v) is 7.30. The van der Waals surface area contributed by atoms with Crippen molar-refractivity contribution in [3.63, 3.8) is 0 Å². The SMILES string of the molecule is COC(=O)[C@]1(C)CC[C@@](C)(c2nc(Br)c3c(N)nccn23)C1. The molecular weight excluding hydrogens is 348 g/mol. The van der Waals surface area contributed by atoms with E-state index in [9.17, 15) is 4.79 Å². The van der Waals surface area contributed by atoms with Gasteiger partial charge < -0.3 is 10.5 Å². The van der Waals surface area contributed by atoms with Crippen molar-refractivity contribution in [1.82, 2.24) is 14.4 Å². The molecule has 0 saturated heterocycles. The summed E-state index contributed by atoms with van der Waals surface area (Å²) in [5.41, 5.74) is 6.04. The Morgan fingerprint density at radius 2 is 2.18 bits per heavy atom. The summed E-state index contributed by atoms with van der Waals surface area (Å²) < 4.78 is 7.62. The van der Waals surface area contributed by atoms with Gasteiger partial charge in [-0.3, -0.25) is 9.20 Å². The number of hydrogen-bond donors (Lipinski definition) is 1. The quantitative estimate of drug-likeness (QED) is 0.826. The monoisotopic (exact) mass is 366 g/mol. The van der Waals surface area contributed by atoms with Crippen LogP contribution in [-0.4, -0.2) is 27.4 Å². The maximum Gasteiger partial charge on any atom is 0.311 e. The molecule has 1 aliphatic rings. The summed E-state index contributed by atoms with van der Waals surface area (Å²) in [6, 6.07) is 0. The minimum atomic E-state index is -0.472. The van der Waals surface area contributed by atoms with Crippen molar-refractivity contribution in [2.45, 2.75) is 38.5 Å². The van der Waals surface area contributed by atoms with Crippen molar-refractivity contribution in [2.75, 3.05) is 12.8 Å². The molecule has 0 bridgehead atoms. The second kappa shape index (κ2) is 4.94. The molecule has 0 spiro atoms. The van der Waals surface area contributed by atoms with Crippen LogP contribution < -0.4 is 5.73 Å². The average molecular weight is 367 g/mol. The third-order valence-electron chi connectivity index (χ3n) is 4.77. The van der Waals surface area contributed by atoms with Gasteiger partial charge in [0, 0.05) is 17.8 Å². The van der Waals surface area contributed by atoms with Crippen LogP contribution in [0.15, 0.2) is 17.0 Å². The van der Waals surface area contributed by atoms with Crippen molar-refractivity contribution in [1.29, 1.82) is 0 Å². The van der Waals surface area contributed by atoms with E-state index in [0.717, 1.165) is 24.2 Å². The summed E-state index contributed by atoms with van der Waals surface area (Å²) in [6.07, 6.45) is 5.87. The van der Waals surface area contributed by atoms with E-state index in [0.29, 0.717) is 16.8 Å². The number of anilines is 1. The summed E-state index contributed by atoms with van der Waals surface area (Å²) in [5, 5.41) is 0. The molecule has 2 N–H and O–H groups in total. The number of imidazole rings is 1. The number of nitrogen functional groups attached to an aromatic ring is 1. The van der Waals surface area contributed by atoms with E-state index in [2.05, 4.69) is 32.8 Å². The average Bonchev–Trinajstić information content (AvgIpc) is 2.99. The van der Waals surface area contributed by atoms with Crippen LogP contribution in [0.2, 0.25) is 0 Å². The van der Waals surface area contributed by atoms with E-state index in [-0.39, 0.29) is 11.4 Å². The molecule has 0 radical (unpaired) electrons. The number of aromatic nitrogens is 3. The summed E-state index contributed by atoms with van der Waals surface area (Å²) in [7, 11) is 1.44. The number of hydrogen-bond acceptors (Lipinski definition) is 5. The van der Waals surface area contributed by atoms with Gasteiger partial charge in [0.2, 0.25) is 0 Å². The number of fused-ring (bicyclic) bond motifs is 1. The Bertz CT molecular complexity index is 759. The third-order valence-corrected chi connectivity index (χ3v) is 5.32. The van der Waals surface area contributed by atoms with Gasteiger partial charge in [-0.25, -0.2) is 9.97 Å². The zero-order valence-corrected chi connectivity index (χ0v) is 14.5. The van der Waals surface area contributed by atoms with Crippen LogP contribution in [0.1, 0.15) is 38.9 Å². The first kappa shape index (κ1) is 15.3. The minimum Gasteiger partial charge on any atom is -0.469 e. The van der Waals surface area contributed by atoms with Gasteiger partial charge in [-0.05, 0) is 42.1 Å². The maximum atomic E-state index is 12.1. The Hall–Kier alpha value is -1.63. The Morgan fingerprint density at radius 1 is 1.45 bits per heavy atom. The topological polar surface area (TPSA) is 82.5 Å². The molecule has 1 saturated carbocycles. The van der Waals surface area contributed by atoms with E-state index < -0.39 is 5.41 Å². The predicted octanol–water partition coefficient (Wildman–Crippen LogP) is 2.69. The molecule has 0 unspecified atom stereocenters. The van der Waals surface area contributed by atoms with Crippen molar-refractivity contribution < 1.29 is 9.53 Å². The van der Waals surface area contributed by atoms with E-state index in [1.165, 1.54) is 7.11 Å². The molecule has 1 fully saturated rings. The summed E-state index contributed by atoms with van der Waals surface area (Å²) in [6.45, 7) is 4.10. The van der Waals surface area contributed by atoms with Gasteiger partial charge in [-0.2, -0.15) is 0 Å². The Balaban J connectivity index is 2.09. The number of esters is 1. The number of ether oxygens (including phenoxy) is 1. The van der Waals surface area contributed by atoms with E-state index in [4.69, 9.17) is 10.5 Å². The fraction of sp³-hybridized carbons (Fsp3) is 0.533. The van der Waals surface area contributed by atoms with Crippen molar-refractivity contribution in [3.05, 3.63) is 22.8 Å². The molecule has 2 aromatic rings. The Kier molecular flexibility index (Phi) is 3.43. The van der Waals surface area contributed by atoms with Crippen molar-refractivity contribution in [2.24, 2.45) is 5.41 Å². The van der Waals surface area contributed by atoms with Crippen LogP contribution in [0, 0.1) is 5.41 Å². The van der Waals surface area contributed by atoms with Gasteiger partial charge in [-0.1, -0.05) is 6.92 Å². The lowest BCUT2D eigenvalue weighted by Crippen LogP contribution is -2.30. The first-order valence-electron chi connectivity index (χ1n) is 7.18. The lowest BCUT2D eigenvalue weighted by molar-refractivity contribution is -0.151. The number of halogens is 1. The molecule has 6 nitrogen and oxygen atoms in total. The smallest absolute Gasteiger partial charge is 0.311 e. The molecule has 118 valence electrons. The highest BCUT2D eigenvalue weighted by Crippen LogP contribution is 2.51. The molecule has 2 atom stereocenters. The van der Waals surface area contributed by atoms with Crippen LogP contribution in [0.25, 0.3) is 5.52 Å². The number of methoxy groups -OCH3 is 1. The largest absolute Gasteiger partial charge is 0.469 e. The zero-order valence-electron chi connectivity index (χ0n) is 12.9.